The molecule has 2 rings (SSSR count). The van der Waals surface area contributed by atoms with Crippen LogP contribution in [0.1, 0.15) is 25.3 Å². The van der Waals surface area contributed by atoms with Crippen molar-refractivity contribution in [2.45, 2.75) is 32.3 Å². The van der Waals surface area contributed by atoms with Gasteiger partial charge in [0.25, 0.3) is 0 Å². The first-order valence-corrected chi connectivity index (χ1v) is 7.47. The Labute approximate surface area is 120 Å². The minimum atomic E-state index is 0.352. The number of hydrogen-bond acceptors (Lipinski definition) is 3. The molecule has 0 spiro atoms. The third kappa shape index (κ3) is 3.85. The second-order valence-electron chi connectivity index (χ2n) is 4.99. The molecule has 0 aliphatic carbocycles. The highest BCUT2D eigenvalue weighted by molar-refractivity contribution is 6.30. The number of nitrogens with two attached hydrogens (primary N) is 1. The molecule has 1 saturated heterocycles. The smallest absolute Gasteiger partial charge is 0.0750 e. The normalized spacial score (nSPS) is 18.8. The van der Waals surface area contributed by atoms with E-state index < -0.39 is 0 Å². The number of hydrogen-bond donors (Lipinski definition) is 1. The summed E-state index contributed by atoms with van der Waals surface area (Å²) in [5, 5.41) is 0.779. The largest absolute Gasteiger partial charge is 0.376 e. The van der Waals surface area contributed by atoms with Crippen LogP contribution in [0.2, 0.25) is 5.02 Å². The molecule has 106 valence electrons. The van der Waals surface area contributed by atoms with Gasteiger partial charge in [-0.05, 0) is 50.4 Å². The van der Waals surface area contributed by atoms with Gasteiger partial charge in [-0.3, -0.25) is 0 Å². The number of likely N-dealkylation sites (N-methyl/N-ethyl adjacent to an activating group) is 1. The average Bonchev–Trinajstić information content (AvgIpc) is 2.91. The second-order valence-corrected chi connectivity index (χ2v) is 5.42. The first kappa shape index (κ1) is 14.6. The molecule has 1 unspecified atom stereocenters. The summed E-state index contributed by atoms with van der Waals surface area (Å²) >= 11 is 6.15. The summed E-state index contributed by atoms with van der Waals surface area (Å²) in [7, 11) is 0. The maximum Gasteiger partial charge on any atom is 0.0750 e. The minimum Gasteiger partial charge on any atom is -0.376 e. The van der Waals surface area contributed by atoms with E-state index >= 15 is 0 Å². The Bertz CT molecular complexity index is 405. The highest BCUT2D eigenvalue weighted by Gasteiger charge is 2.20. The SMILES string of the molecule is CCN(CC1CCCO1)c1cc(Cl)ccc1CCN. The van der Waals surface area contributed by atoms with Crippen LogP contribution in [0.15, 0.2) is 18.2 Å². The third-order valence-corrected chi connectivity index (χ3v) is 3.87. The number of benzene rings is 1. The van der Waals surface area contributed by atoms with Crippen LogP contribution in [0, 0.1) is 0 Å². The molecule has 1 fully saturated rings. The van der Waals surface area contributed by atoms with Gasteiger partial charge in [-0.2, -0.15) is 0 Å². The molecule has 1 aromatic carbocycles. The Kier molecular flexibility index (Phi) is 5.49. The molecule has 4 heteroatoms. The van der Waals surface area contributed by atoms with Gasteiger partial charge in [-0.25, -0.2) is 0 Å². The molecule has 1 atom stereocenters. The minimum absolute atomic E-state index is 0.352. The van der Waals surface area contributed by atoms with Crippen molar-refractivity contribution in [1.29, 1.82) is 0 Å². The predicted molar refractivity (Wildman–Crippen MR) is 81.1 cm³/mol. The van der Waals surface area contributed by atoms with Crippen molar-refractivity contribution >= 4 is 17.3 Å². The van der Waals surface area contributed by atoms with Crippen LogP contribution in [-0.2, 0) is 11.2 Å². The molecule has 0 saturated carbocycles. The molecule has 1 aliphatic heterocycles. The van der Waals surface area contributed by atoms with Gasteiger partial charge in [0.2, 0.25) is 0 Å². The van der Waals surface area contributed by atoms with E-state index in [-0.39, 0.29) is 0 Å². The van der Waals surface area contributed by atoms with Crippen molar-refractivity contribution in [2.24, 2.45) is 5.73 Å². The second kappa shape index (κ2) is 7.13. The fourth-order valence-corrected chi connectivity index (χ4v) is 2.80. The fraction of sp³-hybridized carbons (Fsp3) is 0.600. The zero-order valence-electron chi connectivity index (χ0n) is 11.6. The van der Waals surface area contributed by atoms with Crippen molar-refractivity contribution in [3.8, 4) is 0 Å². The van der Waals surface area contributed by atoms with Gasteiger partial charge < -0.3 is 15.4 Å². The number of nitrogens with zero attached hydrogens (tertiary/aromatic N) is 1. The quantitative estimate of drug-likeness (QED) is 0.872. The molecule has 0 aromatic heterocycles. The van der Waals surface area contributed by atoms with E-state index in [0.29, 0.717) is 12.6 Å². The molecule has 1 aliphatic rings. The summed E-state index contributed by atoms with van der Waals surface area (Å²) in [6, 6.07) is 6.07. The monoisotopic (exact) mass is 282 g/mol. The summed E-state index contributed by atoms with van der Waals surface area (Å²) in [6.45, 7) is 5.62. The van der Waals surface area contributed by atoms with Crippen molar-refractivity contribution in [2.75, 3.05) is 31.1 Å². The van der Waals surface area contributed by atoms with Crippen LogP contribution >= 0.6 is 11.6 Å². The molecule has 0 bridgehead atoms. The van der Waals surface area contributed by atoms with E-state index in [1.807, 2.05) is 12.1 Å². The molecule has 3 nitrogen and oxygen atoms in total. The molecular formula is C15H23ClN2O. The van der Waals surface area contributed by atoms with Crippen LogP contribution in [0.25, 0.3) is 0 Å². The lowest BCUT2D eigenvalue weighted by atomic mass is 10.1. The lowest BCUT2D eigenvalue weighted by Crippen LogP contribution is -2.32. The van der Waals surface area contributed by atoms with Crippen LogP contribution in [-0.4, -0.2) is 32.3 Å². The topological polar surface area (TPSA) is 38.5 Å². The van der Waals surface area contributed by atoms with Crippen molar-refractivity contribution < 1.29 is 4.74 Å². The van der Waals surface area contributed by atoms with E-state index in [2.05, 4.69) is 17.9 Å². The van der Waals surface area contributed by atoms with Gasteiger partial charge in [0.1, 0.15) is 0 Å². The summed E-state index contributed by atoms with van der Waals surface area (Å²) in [5.74, 6) is 0. The number of rotatable bonds is 6. The summed E-state index contributed by atoms with van der Waals surface area (Å²) < 4.78 is 5.74. The lowest BCUT2D eigenvalue weighted by Gasteiger charge is -2.28. The van der Waals surface area contributed by atoms with E-state index in [4.69, 9.17) is 22.1 Å². The standard InChI is InChI=1S/C15H23ClN2O/c1-2-18(11-14-4-3-9-19-14)15-10-13(16)6-5-12(15)7-8-17/h5-6,10,14H,2-4,7-9,11,17H2,1H3. The zero-order valence-corrected chi connectivity index (χ0v) is 12.3. The van der Waals surface area contributed by atoms with Crippen molar-refractivity contribution in [1.82, 2.24) is 0 Å². The Balaban J connectivity index is 2.17. The lowest BCUT2D eigenvalue weighted by molar-refractivity contribution is 0.115. The Hall–Kier alpha value is -0.770. The highest BCUT2D eigenvalue weighted by atomic mass is 35.5. The van der Waals surface area contributed by atoms with Gasteiger partial charge >= 0.3 is 0 Å². The van der Waals surface area contributed by atoms with Crippen molar-refractivity contribution in [3.05, 3.63) is 28.8 Å². The first-order valence-electron chi connectivity index (χ1n) is 7.09. The Morgan fingerprint density at radius 2 is 2.32 bits per heavy atom. The average molecular weight is 283 g/mol. The summed E-state index contributed by atoms with van der Waals surface area (Å²) in [6.07, 6.45) is 3.57. The van der Waals surface area contributed by atoms with E-state index in [9.17, 15) is 0 Å². The highest BCUT2D eigenvalue weighted by Crippen LogP contribution is 2.27. The first-order chi connectivity index (χ1) is 9.24. The third-order valence-electron chi connectivity index (χ3n) is 3.63. The number of anilines is 1. The van der Waals surface area contributed by atoms with Crippen LogP contribution < -0.4 is 10.6 Å². The van der Waals surface area contributed by atoms with E-state index in [1.54, 1.807) is 0 Å². The van der Waals surface area contributed by atoms with Gasteiger partial charge in [-0.15, -0.1) is 0 Å². The van der Waals surface area contributed by atoms with Crippen LogP contribution in [0.5, 0.6) is 0 Å². The number of ether oxygens (including phenoxy) is 1. The fourth-order valence-electron chi connectivity index (χ4n) is 2.63. The van der Waals surface area contributed by atoms with Gasteiger partial charge in [-0.1, -0.05) is 17.7 Å². The molecule has 1 aromatic rings. The molecule has 2 N–H and O–H groups in total. The number of halogens is 1. The Morgan fingerprint density at radius 3 is 2.95 bits per heavy atom. The predicted octanol–water partition coefficient (Wildman–Crippen LogP) is 2.85. The molecule has 0 amide bonds. The molecule has 19 heavy (non-hydrogen) atoms. The molecule has 1 heterocycles. The zero-order chi connectivity index (χ0) is 13.7. The van der Waals surface area contributed by atoms with E-state index in [1.165, 1.54) is 17.7 Å². The van der Waals surface area contributed by atoms with E-state index in [0.717, 1.165) is 37.6 Å². The summed E-state index contributed by atoms with van der Waals surface area (Å²) in [5.41, 5.74) is 8.17. The maximum absolute atomic E-state index is 6.15. The van der Waals surface area contributed by atoms with Crippen LogP contribution in [0.3, 0.4) is 0 Å². The molecular weight excluding hydrogens is 260 g/mol. The van der Waals surface area contributed by atoms with Crippen molar-refractivity contribution in [3.63, 3.8) is 0 Å². The Morgan fingerprint density at radius 1 is 1.47 bits per heavy atom. The van der Waals surface area contributed by atoms with Gasteiger partial charge in [0.15, 0.2) is 0 Å². The summed E-state index contributed by atoms with van der Waals surface area (Å²) in [4.78, 5) is 2.35. The molecule has 0 radical (unpaired) electrons. The maximum atomic E-state index is 6.15. The van der Waals surface area contributed by atoms with Gasteiger partial charge in [0.05, 0.1) is 6.10 Å². The van der Waals surface area contributed by atoms with Crippen LogP contribution in [0.4, 0.5) is 5.69 Å². The van der Waals surface area contributed by atoms with Gasteiger partial charge in [0, 0.05) is 30.4 Å².